The molecule has 0 aromatic heterocycles. The highest BCUT2D eigenvalue weighted by Crippen LogP contribution is 2.25. The molecule has 27 heavy (non-hydrogen) atoms. The Morgan fingerprint density at radius 2 is 1.81 bits per heavy atom. The number of piperidine rings is 1. The first-order valence-electron chi connectivity index (χ1n) is 10.3. The molecule has 1 unspecified atom stereocenters. The van der Waals surface area contributed by atoms with Gasteiger partial charge in [-0.05, 0) is 58.1 Å². The van der Waals surface area contributed by atoms with E-state index in [-0.39, 0.29) is 11.9 Å². The van der Waals surface area contributed by atoms with E-state index in [0.29, 0.717) is 12.0 Å². The number of hydrogen-bond donors (Lipinski definition) is 1. The quantitative estimate of drug-likeness (QED) is 0.733. The summed E-state index contributed by atoms with van der Waals surface area (Å²) in [5.74, 6) is 0.566. The molecule has 150 valence electrons. The Morgan fingerprint density at radius 1 is 1.22 bits per heavy atom. The minimum Gasteiger partial charge on any atom is -0.365 e. The van der Waals surface area contributed by atoms with Gasteiger partial charge in [0.15, 0.2) is 0 Å². The molecule has 0 radical (unpaired) electrons. The molecular formula is C23H37N3O. The predicted octanol–water partition coefficient (Wildman–Crippen LogP) is 4.13. The molecule has 2 rings (SSSR count). The Bertz CT molecular complexity index is 624. The Morgan fingerprint density at radius 3 is 2.33 bits per heavy atom. The second kappa shape index (κ2) is 9.93. The summed E-state index contributed by atoms with van der Waals surface area (Å²) in [5.41, 5.74) is 9.99. The van der Waals surface area contributed by atoms with Crippen LogP contribution >= 0.6 is 0 Å². The first-order valence-corrected chi connectivity index (χ1v) is 10.3. The molecular weight excluding hydrogens is 334 g/mol. The van der Waals surface area contributed by atoms with Crippen LogP contribution in [0.15, 0.2) is 35.9 Å². The normalized spacial score (nSPS) is 16.3. The highest BCUT2D eigenvalue weighted by Gasteiger charge is 2.29. The van der Waals surface area contributed by atoms with Crippen LogP contribution in [0.25, 0.3) is 0 Å². The maximum Gasteiger partial charge on any atom is 0.239 e. The number of benzene rings is 1. The van der Waals surface area contributed by atoms with Crippen LogP contribution in [-0.2, 0) is 4.79 Å². The molecule has 0 saturated carbocycles. The van der Waals surface area contributed by atoms with Gasteiger partial charge in [0.1, 0.15) is 0 Å². The summed E-state index contributed by atoms with van der Waals surface area (Å²) in [6.45, 7) is 13.1. The minimum absolute atomic E-state index is 0.119. The van der Waals surface area contributed by atoms with E-state index in [1.165, 1.54) is 16.8 Å². The van der Waals surface area contributed by atoms with Gasteiger partial charge in [0.2, 0.25) is 5.91 Å². The van der Waals surface area contributed by atoms with Crippen molar-refractivity contribution in [2.24, 2.45) is 11.7 Å². The molecule has 1 aliphatic heterocycles. The Kier molecular flexibility index (Phi) is 7.91. The summed E-state index contributed by atoms with van der Waals surface area (Å²) >= 11 is 0. The molecule has 2 N–H and O–H groups in total. The SMILES string of the molecule is CC(C)=CCN(c1ccc(C)cc1)C1CCN(C(=O)C(N)CC(C)C)CC1. The van der Waals surface area contributed by atoms with Crippen molar-refractivity contribution >= 4 is 11.6 Å². The zero-order valence-electron chi connectivity index (χ0n) is 17.7. The molecule has 0 bridgehead atoms. The van der Waals surface area contributed by atoms with Gasteiger partial charge in [-0.2, -0.15) is 0 Å². The number of likely N-dealkylation sites (tertiary alicyclic amines) is 1. The second-order valence-corrected chi connectivity index (χ2v) is 8.56. The van der Waals surface area contributed by atoms with Gasteiger partial charge < -0.3 is 15.5 Å². The van der Waals surface area contributed by atoms with Crippen LogP contribution in [0, 0.1) is 12.8 Å². The lowest BCUT2D eigenvalue weighted by Crippen LogP contribution is -2.51. The molecule has 4 heteroatoms. The van der Waals surface area contributed by atoms with E-state index in [4.69, 9.17) is 5.73 Å². The monoisotopic (exact) mass is 371 g/mol. The lowest BCUT2D eigenvalue weighted by atomic mass is 9.99. The van der Waals surface area contributed by atoms with Crippen molar-refractivity contribution in [3.05, 3.63) is 41.5 Å². The molecule has 4 nitrogen and oxygen atoms in total. The zero-order valence-corrected chi connectivity index (χ0v) is 17.7. The van der Waals surface area contributed by atoms with Crippen LogP contribution < -0.4 is 10.6 Å². The largest absolute Gasteiger partial charge is 0.365 e. The summed E-state index contributed by atoms with van der Waals surface area (Å²) in [6, 6.07) is 8.87. The number of allylic oxidation sites excluding steroid dienone is 1. The summed E-state index contributed by atoms with van der Waals surface area (Å²) in [7, 11) is 0. The van der Waals surface area contributed by atoms with Gasteiger partial charge in [-0.25, -0.2) is 0 Å². The molecule has 0 aliphatic carbocycles. The smallest absolute Gasteiger partial charge is 0.239 e. The number of anilines is 1. The topological polar surface area (TPSA) is 49.6 Å². The molecule has 1 aromatic rings. The van der Waals surface area contributed by atoms with Crippen molar-refractivity contribution in [1.29, 1.82) is 0 Å². The summed E-state index contributed by atoms with van der Waals surface area (Å²) in [5, 5.41) is 0. The number of amides is 1. The van der Waals surface area contributed by atoms with Crippen LogP contribution in [0.2, 0.25) is 0 Å². The number of hydrogen-bond acceptors (Lipinski definition) is 3. The summed E-state index contributed by atoms with van der Waals surface area (Å²) in [6.07, 6.45) is 5.03. The molecule has 1 fully saturated rings. The van der Waals surface area contributed by atoms with E-state index in [9.17, 15) is 4.79 Å². The van der Waals surface area contributed by atoms with Crippen molar-refractivity contribution in [2.45, 2.75) is 66.0 Å². The van der Waals surface area contributed by atoms with E-state index in [1.807, 2.05) is 4.90 Å². The molecule has 1 atom stereocenters. The first-order chi connectivity index (χ1) is 12.8. The number of nitrogens with two attached hydrogens (primary N) is 1. The maximum atomic E-state index is 12.6. The average Bonchev–Trinajstić information content (AvgIpc) is 2.62. The van der Waals surface area contributed by atoms with Crippen molar-refractivity contribution < 1.29 is 4.79 Å². The Hall–Kier alpha value is -1.81. The van der Waals surface area contributed by atoms with Gasteiger partial charge in [-0.15, -0.1) is 0 Å². The standard InChI is InChI=1S/C23H37N3O/c1-17(2)10-15-26(20-8-6-19(5)7-9-20)21-11-13-25(14-12-21)23(27)22(24)16-18(3)4/h6-10,18,21-22H,11-16,24H2,1-5H3. The fraction of sp³-hybridized carbons (Fsp3) is 0.609. The van der Waals surface area contributed by atoms with Gasteiger partial charge in [0.05, 0.1) is 6.04 Å². The van der Waals surface area contributed by atoms with E-state index >= 15 is 0 Å². The first kappa shape index (κ1) is 21.5. The van der Waals surface area contributed by atoms with E-state index in [2.05, 4.69) is 69.9 Å². The molecule has 0 spiro atoms. The van der Waals surface area contributed by atoms with Crippen LogP contribution in [-0.4, -0.2) is 42.5 Å². The number of carbonyl (C=O) groups is 1. The van der Waals surface area contributed by atoms with Crippen LogP contribution in [0.1, 0.15) is 52.5 Å². The van der Waals surface area contributed by atoms with Gasteiger partial charge in [-0.3, -0.25) is 4.79 Å². The van der Waals surface area contributed by atoms with Gasteiger partial charge in [-0.1, -0.05) is 43.2 Å². The van der Waals surface area contributed by atoms with Gasteiger partial charge >= 0.3 is 0 Å². The minimum atomic E-state index is -0.361. The summed E-state index contributed by atoms with van der Waals surface area (Å²) < 4.78 is 0. The summed E-state index contributed by atoms with van der Waals surface area (Å²) in [4.78, 5) is 17.1. The van der Waals surface area contributed by atoms with E-state index in [0.717, 1.165) is 38.9 Å². The van der Waals surface area contributed by atoms with Crippen molar-refractivity contribution in [1.82, 2.24) is 4.90 Å². The molecule has 1 heterocycles. The predicted molar refractivity (Wildman–Crippen MR) is 115 cm³/mol. The third-order valence-electron chi connectivity index (χ3n) is 5.32. The number of rotatable bonds is 7. The molecule has 1 amide bonds. The van der Waals surface area contributed by atoms with Gasteiger partial charge in [0, 0.05) is 31.4 Å². The lowest BCUT2D eigenvalue weighted by Gasteiger charge is -2.40. The average molecular weight is 372 g/mol. The van der Waals surface area contributed by atoms with Crippen LogP contribution in [0.3, 0.4) is 0 Å². The second-order valence-electron chi connectivity index (χ2n) is 8.56. The Balaban J connectivity index is 2.03. The zero-order chi connectivity index (χ0) is 20.0. The maximum absolute atomic E-state index is 12.6. The van der Waals surface area contributed by atoms with Crippen LogP contribution in [0.4, 0.5) is 5.69 Å². The van der Waals surface area contributed by atoms with Gasteiger partial charge in [0.25, 0.3) is 0 Å². The van der Waals surface area contributed by atoms with E-state index in [1.54, 1.807) is 0 Å². The number of nitrogens with zero attached hydrogens (tertiary/aromatic N) is 2. The number of carbonyl (C=O) groups excluding carboxylic acids is 1. The highest BCUT2D eigenvalue weighted by molar-refractivity contribution is 5.81. The van der Waals surface area contributed by atoms with Crippen LogP contribution in [0.5, 0.6) is 0 Å². The van der Waals surface area contributed by atoms with Crippen molar-refractivity contribution in [3.8, 4) is 0 Å². The Labute approximate surface area is 165 Å². The molecule has 1 aliphatic rings. The van der Waals surface area contributed by atoms with E-state index < -0.39 is 0 Å². The third kappa shape index (κ3) is 6.39. The van der Waals surface area contributed by atoms with Crippen molar-refractivity contribution in [2.75, 3.05) is 24.5 Å². The number of aryl methyl sites for hydroxylation is 1. The fourth-order valence-electron chi connectivity index (χ4n) is 3.72. The molecule has 1 aromatic carbocycles. The fourth-order valence-corrected chi connectivity index (χ4v) is 3.72. The van der Waals surface area contributed by atoms with Crippen molar-refractivity contribution in [3.63, 3.8) is 0 Å². The third-order valence-corrected chi connectivity index (χ3v) is 5.32. The molecule has 1 saturated heterocycles. The highest BCUT2D eigenvalue weighted by atomic mass is 16.2. The lowest BCUT2D eigenvalue weighted by molar-refractivity contribution is -0.134.